The molecule has 3 heteroatoms. The van der Waals surface area contributed by atoms with Gasteiger partial charge in [0.05, 0.1) is 12.2 Å². The lowest BCUT2D eigenvalue weighted by molar-refractivity contribution is 0.496. The zero-order chi connectivity index (χ0) is 18.5. The molecule has 0 saturated carbocycles. The highest BCUT2D eigenvalue weighted by Crippen LogP contribution is 2.26. The Balaban J connectivity index is 2.05. The number of hydrogen-bond acceptors (Lipinski definition) is 2. The average Bonchev–Trinajstić information content (AvgIpc) is 2.92. The topological polar surface area (TPSA) is 35.1 Å². The van der Waals surface area contributed by atoms with Gasteiger partial charge in [0.25, 0.3) is 0 Å². The van der Waals surface area contributed by atoms with Crippen molar-refractivity contribution in [2.24, 2.45) is 0 Å². The highest BCUT2D eigenvalue weighted by molar-refractivity contribution is 5.60. The van der Waals surface area contributed by atoms with Crippen LogP contribution in [0, 0.1) is 0 Å². The van der Waals surface area contributed by atoms with Gasteiger partial charge in [-0.2, -0.15) is 0 Å². The molecule has 0 aliphatic heterocycles. The Morgan fingerprint density at radius 2 is 1.62 bits per heavy atom. The number of aromatic nitrogens is 1. The second kappa shape index (κ2) is 7.87. The van der Waals surface area contributed by atoms with Gasteiger partial charge in [0.1, 0.15) is 0 Å². The predicted octanol–water partition coefficient (Wildman–Crippen LogP) is 5.22. The molecular formula is C23H23NO2. The highest BCUT2D eigenvalue weighted by Gasteiger charge is 2.19. The fraction of sp³-hybridized carbons (Fsp3) is 0.174. The molecule has 0 aliphatic rings. The average molecular weight is 345 g/mol. The van der Waals surface area contributed by atoms with E-state index in [-0.39, 0.29) is 5.76 Å². The van der Waals surface area contributed by atoms with E-state index >= 15 is 0 Å². The summed E-state index contributed by atoms with van der Waals surface area (Å²) < 4.78 is 7.36. The molecule has 0 saturated heterocycles. The fourth-order valence-electron chi connectivity index (χ4n) is 3.08. The van der Waals surface area contributed by atoms with Gasteiger partial charge in [-0.3, -0.25) is 4.57 Å². The molecule has 0 unspecified atom stereocenters. The normalized spacial score (nSPS) is 10.7. The summed E-state index contributed by atoms with van der Waals surface area (Å²) in [5.41, 5.74) is 4.88. The quantitative estimate of drug-likeness (QED) is 0.550. The first-order chi connectivity index (χ1) is 12.5. The van der Waals surface area contributed by atoms with Crippen LogP contribution in [0.25, 0.3) is 11.3 Å². The van der Waals surface area contributed by atoms with E-state index in [1.807, 2.05) is 67.6 Å². The number of benzene rings is 2. The molecule has 0 fully saturated rings. The van der Waals surface area contributed by atoms with E-state index in [4.69, 9.17) is 4.42 Å². The second-order valence-electron chi connectivity index (χ2n) is 6.64. The first-order valence-corrected chi connectivity index (χ1v) is 8.67. The molecule has 1 heterocycles. The zero-order valence-electron chi connectivity index (χ0n) is 15.1. The maximum atomic E-state index is 12.6. The van der Waals surface area contributed by atoms with E-state index in [0.717, 1.165) is 34.4 Å². The van der Waals surface area contributed by atoms with Gasteiger partial charge in [-0.05, 0) is 18.9 Å². The predicted molar refractivity (Wildman–Crippen MR) is 106 cm³/mol. The summed E-state index contributed by atoms with van der Waals surface area (Å²) in [5, 5.41) is 0. The van der Waals surface area contributed by atoms with E-state index < -0.39 is 0 Å². The molecule has 0 amide bonds. The Hall–Kier alpha value is -3.07. The molecule has 0 aliphatic carbocycles. The molecule has 0 N–H and O–H groups in total. The van der Waals surface area contributed by atoms with Crippen molar-refractivity contribution in [2.75, 3.05) is 0 Å². The van der Waals surface area contributed by atoms with Crippen LogP contribution >= 0.6 is 0 Å². The van der Waals surface area contributed by atoms with Crippen LogP contribution in [0.3, 0.4) is 0 Å². The Morgan fingerprint density at radius 1 is 1.00 bits per heavy atom. The van der Waals surface area contributed by atoms with Crippen molar-refractivity contribution in [2.45, 2.75) is 26.3 Å². The first-order valence-electron chi connectivity index (χ1n) is 8.67. The summed E-state index contributed by atoms with van der Waals surface area (Å²) in [5.74, 6) is 0.278. The summed E-state index contributed by atoms with van der Waals surface area (Å²) in [4.78, 5) is 12.6. The summed E-state index contributed by atoms with van der Waals surface area (Å²) >= 11 is 0. The standard InChI is InChI=1S/C23H23NO2/c1-17(2)14-18(3)15-21-22(20-12-8-5-9-13-20)26-23(25)24(21)16-19-10-6-4-7-11-19/h4-13H,1,3,14-16H2,2H3. The zero-order valence-corrected chi connectivity index (χ0v) is 15.1. The lowest BCUT2D eigenvalue weighted by atomic mass is 10.0. The van der Waals surface area contributed by atoms with Crippen LogP contribution in [0.1, 0.15) is 24.6 Å². The van der Waals surface area contributed by atoms with Crippen molar-refractivity contribution in [1.29, 1.82) is 0 Å². The summed E-state index contributed by atoms with van der Waals surface area (Å²) in [7, 11) is 0. The maximum Gasteiger partial charge on any atom is 0.420 e. The molecule has 0 atom stereocenters. The van der Waals surface area contributed by atoms with Crippen molar-refractivity contribution < 1.29 is 4.42 Å². The summed E-state index contributed by atoms with van der Waals surface area (Å²) in [6.45, 7) is 10.6. The second-order valence-corrected chi connectivity index (χ2v) is 6.64. The molecular weight excluding hydrogens is 322 g/mol. The van der Waals surface area contributed by atoms with Crippen molar-refractivity contribution in [3.63, 3.8) is 0 Å². The number of rotatable bonds is 7. The van der Waals surface area contributed by atoms with Crippen molar-refractivity contribution in [3.8, 4) is 11.3 Å². The van der Waals surface area contributed by atoms with E-state index in [2.05, 4.69) is 13.2 Å². The van der Waals surface area contributed by atoms with E-state index in [9.17, 15) is 4.79 Å². The van der Waals surface area contributed by atoms with Gasteiger partial charge in [-0.25, -0.2) is 4.79 Å². The minimum absolute atomic E-state index is 0.342. The van der Waals surface area contributed by atoms with Crippen LogP contribution < -0.4 is 5.76 Å². The third-order valence-corrected chi connectivity index (χ3v) is 4.19. The van der Waals surface area contributed by atoms with E-state index in [1.165, 1.54) is 0 Å². The van der Waals surface area contributed by atoms with E-state index in [1.54, 1.807) is 4.57 Å². The van der Waals surface area contributed by atoms with Crippen molar-refractivity contribution in [3.05, 3.63) is 107 Å². The number of oxazole rings is 1. The van der Waals surface area contributed by atoms with Crippen LogP contribution in [0.4, 0.5) is 0 Å². The van der Waals surface area contributed by atoms with Gasteiger partial charge in [0.2, 0.25) is 0 Å². The fourth-order valence-corrected chi connectivity index (χ4v) is 3.08. The Bertz CT molecular complexity index is 962. The number of nitrogens with zero attached hydrogens (tertiary/aromatic N) is 1. The smallest absolute Gasteiger partial charge is 0.407 e. The third kappa shape index (κ3) is 4.12. The van der Waals surface area contributed by atoms with Gasteiger partial charge < -0.3 is 4.42 Å². The lowest BCUT2D eigenvalue weighted by Gasteiger charge is -2.11. The lowest BCUT2D eigenvalue weighted by Crippen LogP contribution is -2.18. The summed E-state index contributed by atoms with van der Waals surface area (Å²) in [6.07, 6.45) is 1.31. The molecule has 3 rings (SSSR count). The van der Waals surface area contributed by atoms with Crippen LogP contribution in [-0.4, -0.2) is 4.57 Å². The van der Waals surface area contributed by atoms with Gasteiger partial charge in [0.15, 0.2) is 5.76 Å². The van der Waals surface area contributed by atoms with Gasteiger partial charge in [-0.15, -0.1) is 0 Å². The van der Waals surface area contributed by atoms with E-state index in [0.29, 0.717) is 18.7 Å². The number of allylic oxidation sites excluding steroid dienone is 2. The molecule has 0 bridgehead atoms. The Kier molecular flexibility index (Phi) is 5.37. The number of hydrogen-bond donors (Lipinski definition) is 0. The molecule has 0 spiro atoms. The Morgan fingerprint density at radius 3 is 2.23 bits per heavy atom. The molecule has 26 heavy (non-hydrogen) atoms. The van der Waals surface area contributed by atoms with Crippen LogP contribution in [0.2, 0.25) is 0 Å². The molecule has 132 valence electrons. The van der Waals surface area contributed by atoms with Crippen molar-refractivity contribution in [1.82, 2.24) is 4.57 Å². The van der Waals surface area contributed by atoms with Crippen LogP contribution in [0.5, 0.6) is 0 Å². The highest BCUT2D eigenvalue weighted by atomic mass is 16.4. The molecule has 3 nitrogen and oxygen atoms in total. The van der Waals surface area contributed by atoms with Crippen LogP contribution in [-0.2, 0) is 13.0 Å². The maximum absolute atomic E-state index is 12.6. The molecule has 3 aromatic rings. The molecule has 1 aromatic heterocycles. The third-order valence-electron chi connectivity index (χ3n) is 4.19. The largest absolute Gasteiger partial charge is 0.420 e. The van der Waals surface area contributed by atoms with Gasteiger partial charge >= 0.3 is 5.76 Å². The van der Waals surface area contributed by atoms with Gasteiger partial charge in [0, 0.05) is 12.0 Å². The minimum Gasteiger partial charge on any atom is -0.407 e. The van der Waals surface area contributed by atoms with Crippen LogP contribution in [0.15, 0.2) is 94.2 Å². The minimum atomic E-state index is -0.342. The molecule has 2 aromatic carbocycles. The van der Waals surface area contributed by atoms with Gasteiger partial charge in [-0.1, -0.05) is 85.0 Å². The monoisotopic (exact) mass is 345 g/mol. The first kappa shape index (κ1) is 17.7. The molecule has 0 radical (unpaired) electrons. The SMILES string of the molecule is C=C(C)CC(=C)Cc1c(-c2ccccc2)oc(=O)n1Cc1ccccc1. The Labute approximate surface area is 153 Å². The summed E-state index contributed by atoms with van der Waals surface area (Å²) in [6, 6.07) is 19.7. The van der Waals surface area contributed by atoms with Crippen molar-refractivity contribution >= 4 is 0 Å².